The molecule has 7 heteroatoms. The molecule has 1 aliphatic carbocycles. The Hall–Kier alpha value is -2.80. The number of fused-ring (bicyclic) bond motifs is 1. The zero-order chi connectivity index (χ0) is 23.7. The molecule has 3 heterocycles. The Morgan fingerprint density at radius 1 is 1.06 bits per heavy atom. The number of nitrogens with one attached hydrogen (secondary N) is 1. The Bertz CT molecular complexity index is 1160. The van der Waals surface area contributed by atoms with E-state index in [0.29, 0.717) is 32.2 Å². The van der Waals surface area contributed by atoms with E-state index in [1.165, 1.54) is 30.4 Å². The summed E-state index contributed by atoms with van der Waals surface area (Å²) in [5.41, 5.74) is 3.14. The topological polar surface area (TPSA) is 57.6 Å². The molecule has 2 aromatic heterocycles. The number of nitrogens with zero attached hydrogens (tertiary/aromatic N) is 3. The van der Waals surface area contributed by atoms with E-state index < -0.39 is 0 Å². The van der Waals surface area contributed by atoms with Gasteiger partial charge in [0, 0.05) is 43.6 Å². The average Bonchev–Trinajstić information content (AvgIpc) is 3.43. The first kappa shape index (κ1) is 23.0. The Balaban J connectivity index is 1.29. The lowest BCUT2D eigenvalue weighted by Gasteiger charge is -2.40. The number of carbonyl (C=O) groups excluding carboxylic acids is 2. The lowest BCUT2D eigenvalue weighted by atomic mass is 9.96. The van der Waals surface area contributed by atoms with Crippen LogP contribution in [-0.4, -0.2) is 58.0 Å². The quantitative estimate of drug-likeness (QED) is 0.557. The summed E-state index contributed by atoms with van der Waals surface area (Å²) in [4.78, 5) is 31.5. The number of hydrogen-bond donors (Lipinski definition) is 1. The molecule has 6 nitrogen and oxygen atoms in total. The first-order valence-electron chi connectivity index (χ1n) is 12.5. The van der Waals surface area contributed by atoms with Gasteiger partial charge >= 0.3 is 6.03 Å². The minimum atomic E-state index is -0.0112. The highest BCUT2D eigenvalue weighted by molar-refractivity contribution is 7.16. The second-order valence-electron chi connectivity index (χ2n) is 9.86. The van der Waals surface area contributed by atoms with Crippen molar-refractivity contribution < 1.29 is 9.59 Å². The number of rotatable bonds is 4. The van der Waals surface area contributed by atoms with Crippen LogP contribution in [0.25, 0.3) is 10.2 Å². The summed E-state index contributed by atoms with van der Waals surface area (Å²) in [5, 5.41) is 6.42. The number of aromatic nitrogens is 1. The molecule has 2 fully saturated rings. The fourth-order valence-electron chi connectivity index (χ4n) is 5.30. The molecular weight excluding hydrogens is 444 g/mol. The fourth-order valence-corrected chi connectivity index (χ4v) is 6.19. The standard InChI is InChI=1S/C27H34N4O2S/c1-19-8-10-21(11-9-19)18-31-24(16-22-12-15-34-26(22)31)25(32)29-13-14-30(20(2)17-29)27(33)28-23-6-4-3-5-7-23/h8-12,15-16,20,23H,3-7,13-14,17-18H2,1-2H3,(H,28,33). The van der Waals surface area contributed by atoms with Gasteiger partial charge < -0.3 is 19.7 Å². The van der Waals surface area contributed by atoms with Crippen LogP contribution in [0, 0.1) is 6.92 Å². The minimum absolute atomic E-state index is 0.0112. The number of urea groups is 1. The van der Waals surface area contributed by atoms with Crippen molar-refractivity contribution in [1.29, 1.82) is 0 Å². The second-order valence-corrected chi connectivity index (χ2v) is 10.8. The fraction of sp³-hybridized carbons (Fsp3) is 0.481. The Morgan fingerprint density at radius 3 is 2.56 bits per heavy atom. The predicted octanol–water partition coefficient (Wildman–Crippen LogP) is 5.25. The maximum atomic E-state index is 13.7. The zero-order valence-electron chi connectivity index (χ0n) is 20.1. The van der Waals surface area contributed by atoms with Gasteiger partial charge in [0.1, 0.15) is 10.5 Å². The highest BCUT2D eigenvalue weighted by Gasteiger charge is 2.32. The van der Waals surface area contributed by atoms with Crippen LogP contribution in [0.2, 0.25) is 0 Å². The van der Waals surface area contributed by atoms with Crippen LogP contribution in [0.5, 0.6) is 0 Å². The Kier molecular flexibility index (Phi) is 6.63. The van der Waals surface area contributed by atoms with E-state index in [-0.39, 0.29) is 18.0 Å². The van der Waals surface area contributed by atoms with Gasteiger partial charge in [0.05, 0.1) is 0 Å². The summed E-state index contributed by atoms with van der Waals surface area (Å²) in [6, 6.07) is 12.9. The molecule has 1 unspecified atom stereocenters. The minimum Gasteiger partial charge on any atom is -0.335 e. The maximum Gasteiger partial charge on any atom is 0.317 e. The van der Waals surface area contributed by atoms with Crippen LogP contribution in [0.15, 0.2) is 41.8 Å². The van der Waals surface area contributed by atoms with Crippen molar-refractivity contribution in [2.45, 2.75) is 64.6 Å². The zero-order valence-corrected chi connectivity index (χ0v) is 20.9. The van der Waals surface area contributed by atoms with Crippen LogP contribution in [0.3, 0.4) is 0 Å². The molecule has 2 aliphatic rings. The molecule has 0 spiro atoms. The van der Waals surface area contributed by atoms with Gasteiger partial charge in [-0.3, -0.25) is 4.79 Å². The van der Waals surface area contributed by atoms with Gasteiger partial charge in [-0.15, -0.1) is 11.3 Å². The van der Waals surface area contributed by atoms with E-state index in [1.807, 2.05) is 22.8 Å². The normalized spacial score (nSPS) is 19.5. The number of carbonyl (C=O) groups is 2. The lowest BCUT2D eigenvalue weighted by Crippen LogP contribution is -2.58. The molecule has 1 N–H and O–H groups in total. The molecule has 0 radical (unpaired) electrons. The van der Waals surface area contributed by atoms with E-state index in [9.17, 15) is 9.59 Å². The third kappa shape index (κ3) is 4.71. The van der Waals surface area contributed by atoms with Crippen LogP contribution in [0.4, 0.5) is 4.79 Å². The second kappa shape index (κ2) is 9.82. The molecule has 0 bridgehead atoms. The Morgan fingerprint density at radius 2 is 1.82 bits per heavy atom. The summed E-state index contributed by atoms with van der Waals surface area (Å²) >= 11 is 1.67. The van der Waals surface area contributed by atoms with E-state index in [4.69, 9.17) is 0 Å². The van der Waals surface area contributed by atoms with E-state index in [0.717, 1.165) is 28.8 Å². The van der Waals surface area contributed by atoms with Crippen molar-refractivity contribution in [2.24, 2.45) is 0 Å². The van der Waals surface area contributed by atoms with E-state index in [2.05, 4.69) is 52.5 Å². The van der Waals surface area contributed by atoms with E-state index >= 15 is 0 Å². The van der Waals surface area contributed by atoms with Crippen LogP contribution in [-0.2, 0) is 6.54 Å². The average molecular weight is 479 g/mol. The molecule has 1 aliphatic heterocycles. The van der Waals surface area contributed by atoms with Gasteiger partial charge in [0.25, 0.3) is 5.91 Å². The number of piperazine rings is 1. The van der Waals surface area contributed by atoms with Gasteiger partial charge in [-0.1, -0.05) is 49.1 Å². The molecule has 34 heavy (non-hydrogen) atoms. The molecule has 5 rings (SSSR count). The molecule has 1 saturated carbocycles. The van der Waals surface area contributed by atoms with Crippen molar-refractivity contribution >= 4 is 33.5 Å². The molecule has 1 aromatic carbocycles. The highest BCUT2D eigenvalue weighted by atomic mass is 32.1. The number of amides is 3. The first-order valence-corrected chi connectivity index (χ1v) is 13.4. The summed E-state index contributed by atoms with van der Waals surface area (Å²) in [6.07, 6.45) is 5.82. The predicted molar refractivity (Wildman–Crippen MR) is 138 cm³/mol. The van der Waals surface area contributed by atoms with Crippen molar-refractivity contribution in [3.8, 4) is 0 Å². The smallest absolute Gasteiger partial charge is 0.317 e. The van der Waals surface area contributed by atoms with Gasteiger partial charge in [0.2, 0.25) is 0 Å². The number of aryl methyl sites for hydroxylation is 1. The summed E-state index contributed by atoms with van der Waals surface area (Å²) < 4.78 is 2.15. The summed E-state index contributed by atoms with van der Waals surface area (Å²) in [6.45, 7) is 6.49. The van der Waals surface area contributed by atoms with Gasteiger partial charge in [0.15, 0.2) is 0 Å². The van der Waals surface area contributed by atoms with Gasteiger partial charge in [-0.05, 0) is 49.8 Å². The number of hydrogen-bond acceptors (Lipinski definition) is 3. The van der Waals surface area contributed by atoms with Crippen LogP contribution in [0.1, 0.15) is 60.6 Å². The third-order valence-corrected chi connectivity index (χ3v) is 8.24. The van der Waals surface area contributed by atoms with Crippen LogP contribution >= 0.6 is 11.3 Å². The molecule has 1 saturated heterocycles. The first-order chi connectivity index (χ1) is 16.5. The van der Waals surface area contributed by atoms with Crippen LogP contribution < -0.4 is 5.32 Å². The maximum absolute atomic E-state index is 13.7. The van der Waals surface area contributed by atoms with Gasteiger partial charge in [-0.25, -0.2) is 4.79 Å². The highest BCUT2D eigenvalue weighted by Crippen LogP contribution is 2.28. The monoisotopic (exact) mass is 478 g/mol. The van der Waals surface area contributed by atoms with Gasteiger partial charge in [-0.2, -0.15) is 0 Å². The Labute approximate surface area is 205 Å². The van der Waals surface area contributed by atoms with Crippen molar-refractivity contribution in [2.75, 3.05) is 19.6 Å². The third-order valence-electron chi connectivity index (χ3n) is 7.29. The van der Waals surface area contributed by atoms with Crippen molar-refractivity contribution in [3.05, 3.63) is 58.6 Å². The van der Waals surface area contributed by atoms with E-state index in [1.54, 1.807) is 11.3 Å². The lowest BCUT2D eigenvalue weighted by molar-refractivity contribution is 0.0566. The largest absolute Gasteiger partial charge is 0.335 e. The molecule has 3 amide bonds. The molecule has 1 atom stereocenters. The van der Waals surface area contributed by atoms with Crippen molar-refractivity contribution in [3.63, 3.8) is 0 Å². The molecular formula is C27H34N4O2S. The summed E-state index contributed by atoms with van der Waals surface area (Å²) in [5.74, 6) is 0.0506. The van der Waals surface area contributed by atoms with Crippen molar-refractivity contribution in [1.82, 2.24) is 19.7 Å². The SMILES string of the molecule is Cc1ccc(Cn2c(C(=O)N3CCN(C(=O)NC4CCCCC4)C(C)C3)cc3ccsc32)cc1. The number of benzene rings is 1. The molecule has 3 aromatic rings. The number of thiophene rings is 1. The molecule has 180 valence electrons. The summed E-state index contributed by atoms with van der Waals surface area (Å²) in [7, 11) is 0.